The standard InChI is InChI=1S/C17H22N2OS/c1-11(2)15-10-21-16(19-15)17(18-3)8-7-12-5-6-13(20-4)9-14(12)17/h5-6,9-11,18H,7-8H2,1-4H3. The molecule has 1 aromatic heterocycles. The van der Waals surface area contributed by atoms with Gasteiger partial charge in [0.2, 0.25) is 0 Å². The van der Waals surface area contributed by atoms with Gasteiger partial charge in [0.05, 0.1) is 18.3 Å². The van der Waals surface area contributed by atoms with E-state index < -0.39 is 0 Å². The number of benzene rings is 1. The maximum atomic E-state index is 5.41. The normalized spacial score (nSPS) is 20.8. The summed E-state index contributed by atoms with van der Waals surface area (Å²) in [6.45, 7) is 4.38. The van der Waals surface area contributed by atoms with Gasteiger partial charge in [-0.25, -0.2) is 4.98 Å². The summed E-state index contributed by atoms with van der Waals surface area (Å²) in [6.07, 6.45) is 2.13. The SMILES string of the molecule is CNC1(c2nc(C(C)C)cs2)CCc2ccc(OC)cc21. The van der Waals surface area contributed by atoms with Crippen molar-refractivity contribution in [1.29, 1.82) is 0 Å². The van der Waals surface area contributed by atoms with Gasteiger partial charge in [-0.15, -0.1) is 11.3 Å². The highest BCUT2D eigenvalue weighted by molar-refractivity contribution is 7.09. The van der Waals surface area contributed by atoms with Gasteiger partial charge in [-0.3, -0.25) is 0 Å². The predicted molar refractivity (Wildman–Crippen MR) is 87.4 cm³/mol. The van der Waals surface area contributed by atoms with E-state index in [1.54, 1.807) is 18.4 Å². The van der Waals surface area contributed by atoms with Crippen molar-refractivity contribution in [2.24, 2.45) is 0 Å². The Morgan fingerprint density at radius 3 is 2.81 bits per heavy atom. The van der Waals surface area contributed by atoms with Crippen LogP contribution in [0.3, 0.4) is 0 Å². The van der Waals surface area contributed by atoms with Crippen LogP contribution in [0.2, 0.25) is 0 Å². The Balaban J connectivity index is 2.10. The van der Waals surface area contributed by atoms with E-state index in [1.165, 1.54) is 21.8 Å². The Hall–Kier alpha value is -1.39. The molecule has 0 amide bonds. The van der Waals surface area contributed by atoms with Crippen molar-refractivity contribution < 1.29 is 4.74 Å². The van der Waals surface area contributed by atoms with Crippen LogP contribution in [0.5, 0.6) is 5.75 Å². The second-order valence-corrected chi connectivity index (χ2v) is 6.77. The van der Waals surface area contributed by atoms with Crippen LogP contribution in [0.15, 0.2) is 23.6 Å². The van der Waals surface area contributed by atoms with E-state index in [-0.39, 0.29) is 5.54 Å². The fourth-order valence-corrected chi connectivity index (χ4v) is 4.32. The second kappa shape index (κ2) is 5.43. The quantitative estimate of drug-likeness (QED) is 0.935. The molecule has 3 rings (SSSR count). The first-order valence-electron chi connectivity index (χ1n) is 7.43. The van der Waals surface area contributed by atoms with Crippen molar-refractivity contribution in [1.82, 2.24) is 10.3 Å². The molecular formula is C17H22N2OS. The first-order chi connectivity index (χ1) is 10.1. The molecule has 0 radical (unpaired) electrons. The molecule has 0 aliphatic heterocycles. The average Bonchev–Trinajstić information content (AvgIpc) is 3.12. The number of ether oxygens (including phenoxy) is 1. The monoisotopic (exact) mass is 302 g/mol. The zero-order valence-electron chi connectivity index (χ0n) is 13.1. The number of fused-ring (bicyclic) bond motifs is 1. The van der Waals surface area contributed by atoms with Crippen molar-refractivity contribution in [3.8, 4) is 5.75 Å². The molecule has 1 aliphatic carbocycles. The van der Waals surface area contributed by atoms with Crippen LogP contribution in [-0.4, -0.2) is 19.1 Å². The van der Waals surface area contributed by atoms with E-state index in [0.717, 1.165) is 18.6 Å². The van der Waals surface area contributed by atoms with E-state index in [9.17, 15) is 0 Å². The number of hydrogen-bond acceptors (Lipinski definition) is 4. The van der Waals surface area contributed by atoms with Crippen LogP contribution in [0.25, 0.3) is 0 Å². The highest BCUT2D eigenvalue weighted by Gasteiger charge is 2.41. The van der Waals surface area contributed by atoms with E-state index in [4.69, 9.17) is 9.72 Å². The molecule has 0 saturated carbocycles. The maximum absolute atomic E-state index is 5.41. The lowest BCUT2D eigenvalue weighted by Crippen LogP contribution is -2.39. The fourth-order valence-electron chi connectivity index (χ4n) is 3.09. The Kier molecular flexibility index (Phi) is 3.76. The minimum atomic E-state index is -0.165. The first-order valence-corrected chi connectivity index (χ1v) is 8.31. The van der Waals surface area contributed by atoms with Gasteiger partial charge in [0.1, 0.15) is 10.8 Å². The molecule has 1 N–H and O–H groups in total. The van der Waals surface area contributed by atoms with Gasteiger partial charge in [-0.1, -0.05) is 19.9 Å². The number of aryl methyl sites for hydroxylation is 1. The van der Waals surface area contributed by atoms with Crippen molar-refractivity contribution in [2.45, 2.75) is 38.1 Å². The minimum absolute atomic E-state index is 0.165. The van der Waals surface area contributed by atoms with Gasteiger partial charge >= 0.3 is 0 Å². The van der Waals surface area contributed by atoms with Crippen molar-refractivity contribution in [2.75, 3.05) is 14.2 Å². The molecule has 3 nitrogen and oxygen atoms in total. The molecule has 112 valence electrons. The number of nitrogens with one attached hydrogen (secondary N) is 1. The third kappa shape index (κ3) is 2.27. The maximum Gasteiger partial charge on any atom is 0.119 e. The number of thiazole rings is 1. The molecule has 1 aliphatic rings. The molecule has 1 heterocycles. The van der Waals surface area contributed by atoms with Crippen molar-refractivity contribution in [3.63, 3.8) is 0 Å². The zero-order chi connectivity index (χ0) is 15.0. The van der Waals surface area contributed by atoms with Crippen molar-refractivity contribution in [3.05, 3.63) is 45.4 Å². The number of nitrogens with zero attached hydrogens (tertiary/aromatic N) is 1. The van der Waals surface area contributed by atoms with E-state index >= 15 is 0 Å². The van der Waals surface area contributed by atoms with E-state index in [1.807, 2.05) is 13.1 Å². The Bertz CT molecular complexity index is 650. The Morgan fingerprint density at radius 1 is 1.38 bits per heavy atom. The molecule has 0 fully saturated rings. The summed E-state index contributed by atoms with van der Waals surface area (Å²) in [4.78, 5) is 4.90. The largest absolute Gasteiger partial charge is 0.497 e. The summed E-state index contributed by atoms with van der Waals surface area (Å²) in [5.74, 6) is 1.38. The third-order valence-electron chi connectivity index (χ3n) is 4.45. The Labute approximate surface area is 130 Å². The van der Waals surface area contributed by atoms with Gasteiger partial charge < -0.3 is 10.1 Å². The molecule has 1 aromatic carbocycles. The number of rotatable bonds is 4. The van der Waals surface area contributed by atoms with Crippen LogP contribution in [0, 0.1) is 0 Å². The molecule has 2 aromatic rings. The van der Waals surface area contributed by atoms with Crippen LogP contribution in [-0.2, 0) is 12.0 Å². The van der Waals surface area contributed by atoms with Crippen LogP contribution in [0.4, 0.5) is 0 Å². The van der Waals surface area contributed by atoms with Crippen LogP contribution >= 0.6 is 11.3 Å². The lowest BCUT2D eigenvalue weighted by molar-refractivity contribution is 0.407. The van der Waals surface area contributed by atoms with Crippen LogP contribution < -0.4 is 10.1 Å². The zero-order valence-corrected chi connectivity index (χ0v) is 13.9. The highest BCUT2D eigenvalue weighted by atomic mass is 32.1. The third-order valence-corrected chi connectivity index (χ3v) is 5.47. The minimum Gasteiger partial charge on any atom is -0.497 e. The average molecular weight is 302 g/mol. The van der Waals surface area contributed by atoms with Crippen LogP contribution in [0.1, 0.15) is 48.0 Å². The summed E-state index contributed by atoms with van der Waals surface area (Å²) < 4.78 is 5.41. The summed E-state index contributed by atoms with van der Waals surface area (Å²) in [5, 5.41) is 6.90. The fraction of sp³-hybridized carbons (Fsp3) is 0.471. The Morgan fingerprint density at radius 2 is 2.19 bits per heavy atom. The van der Waals surface area contributed by atoms with Gasteiger partial charge in [-0.05, 0) is 49.1 Å². The summed E-state index contributed by atoms with van der Waals surface area (Å²) in [6, 6.07) is 6.39. The van der Waals surface area contributed by atoms with Gasteiger partial charge in [0, 0.05) is 5.38 Å². The van der Waals surface area contributed by atoms with Gasteiger partial charge in [0.25, 0.3) is 0 Å². The summed E-state index contributed by atoms with van der Waals surface area (Å²) in [5.41, 5.74) is 3.73. The smallest absolute Gasteiger partial charge is 0.119 e. The van der Waals surface area contributed by atoms with Crippen molar-refractivity contribution >= 4 is 11.3 Å². The number of aromatic nitrogens is 1. The molecular weight excluding hydrogens is 280 g/mol. The number of hydrogen-bond donors (Lipinski definition) is 1. The lowest BCUT2D eigenvalue weighted by Gasteiger charge is -2.28. The van der Waals surface area contributed by atoms with E-state index in [2.05, 4.69) is 36.7 Å². The topological polar surface area (TPSA) is 34.2 Å². The van der Waals surface area contributed by atoms with E-state index in [0.29, 0.717) is 5.92 Å². The summed E-state index contributed by atoms with van der Waals surface area (Å²) >= 11 is 1.76. The van der Waals surface area contributed by atoms with Gasteiger partial charge in [0.15, 0.2) is 0 Å². The molecule has 1 unspecified atom stereocenters. The van der Waals surface area contributed by atoms with Gasteiger partial charge in [-0.2, -0.15) is 0 Å². The molecule has 0 bridgehead atoms. The number of methoxy groups -OCH3 is 1. The molecule has 21 heavy (non-hydrogen) atoms. The molecule has 0 saturated heterocycles. The summed E-state index contributed by atoms with van der Waals surface area (Å²) in [7, 11) is 3.75. The molecule has 4 heteroatoms. The highest BCUT2D eigenvalue weighted by Crippen LogP contribution is 2.44. The molecule has 1 atom stereocenters. The first kappa shape index (κ1) is 14.5. The second-order valence-electron chi connectivity index (χ2n) is 5.91. The molecule has 0 spiro atoms. The predicted octanol–water partition coefficient (Wildman–Crippen LogP) is 3.68. The lowest BCUT2D eigenvalue weighted by atomic mass is 9.92.